The Balaban J connectivity index is 0.000000127. The van der Waals surface area contributed by atoms with Crippen LogP contribution in [-0.2, 0) is 0 Å². The molecule has 0 aliphatic carbocycles. The molecule has 0 amide bonds. The van der Waals surface area contributed by atoms with E-state index in [2.05, 4.69) is 358 Å². The van der Waals surface area contributed by atoms with Gasteiger partial charge in [-0.1, -0.05) is 291 Å². The average Bonchev–Trinajstić information content (AvgIpc) is 1.58. The molecule has 101 heavy (non-hydrogen) atoms. The second-order valence-corrected chi connectivity index (χ2v) is 26.3. The quantitative estimate of drug-likeness (QED) is 0.149. The zero-order valence-corrected chi connectivity index (χ0v) is 55.9. The van der Waals surface area contributed by atoms with E-state index in [1.165, 1.54) is 149 Å². The molecule has 0 unspecified atom stereocenters. The van der Waals surface area contributed by atoms with Crippen molar-refractivity contribution >= 4 is 98.8 Å². The molecule has 0 aliphatic heterocycles. The average molecular weight is 1310 g/mol. The van der Waals surface area contributed by atoms with Crippen LogP contribution in [0.15, 0.2) is 388 Å². The molecule has 20 aromatic rings. The van der Waals surface area contributed by atoms with Gasteiger partial charge in [0.15, 0.2) is 0 Å². The molecule has 0 saturated heterocycles. The maximum Gasteiger partial charge on any atom is 0.0562 e. The number of rotatable bonds is 9. The summed E-state index contributed by atoms with van der Waals surface area (Å²) in [5.41, 5.74) is 27.4. The van der Waals surface area contributed by atoms with Gasteiger partial charge in [0.25, 0.3) is 0 Å². The van der Waals surface area contributed by atoms with E-state index in [-0.39, 0.29) is 1.43 Å². The third-order valence-corrected chi connectivity index (χ3v) is 20.0. The number of H-pyrrole nitrogens is 1. The largest absolute Gasteiger partial charge is 0.354 e. The Kier molecular flexibility index (Phi) is 15.6. The normalized spacial score (nSPS) is 11.4. The fraction of sp³-hybridized carbons (Fsp3) is 0. The number of fused-ring (bicyclic) bond motifs is 12. The van der Waals surface area contributed by atoms with Crippen molar-refractivity contribution in [2.75, 3.05) is 0 Å². The Hall–Kier alpha value is -13.0. The van der Waals surface area contributed by atoms with Crippen LogP contribution in [0, 0.1) is 0 Å². The van der Waals surface area contributed by atoms with E-state index in [0.29, 0.717) is 0 Å². The Morgan fingerprint density at radius 2 is 0.465 bits per heavy atom. The molecule has 0 aliphatic rings. The summed E-state index contributed by atoms with van der Waals surface area (Å²) in [6, 6.07) is 139. The number of hydrogen-bond acceptors (Lipinski definition) is 0. The number of halogens is 1. The standard InChI is InChI=1S/C48H32N2.C30H20N2.C18H13Cl.H2/c1-4-14-33(15-5-1)36-24-26-39(27-25-36)49-45-22-12-10-20-41(45)43-31-44-42-21-11-13-23-46(42)50(48(44)32-47(43)49)40-29-37(34-16-6-2-7-17-34)28-38(30-40)35-18-8-3-9-19-35;1-2-8-20(9-3-1)21-14-16-22(17-15-21)32-29-13-7-5-11-24(29)26-18-25-23-10-4-6-12-27(23)31-28(25)19-30(26)32;19-18-12-16(14-7-3-1-4-8-14)11-17(13-18)15-9-5-2-6-10-15;/h1-32H;1-19,31H;1-13H;1H/i;;;1+1. The van der Waals surface area contributed by atoms with E-state index in [1.54, 1.807) is 0 Å². The van der Waals surface area contributed by atoms with Gasteiger partial charge in [-0.2, -0.15) is 0 Å². The molecule has 478 valence electrons. The van der Waals surface area contributed by atoms with Crippen LogP contribution in [0.5, 0.6) is 0 Å². The number of nitrogens with zero attached hydrogens (tertiary/aromatic N) is 3. The van der Waals surface area contributed by atoms with Gasteiger partial charge < -0.3 is 18.7 Å². The van der Waals surface area contributed by atoms with Crippen molar-refractivity contribution in [1.82, 2.24) is 18.7 Å². The molecule has 4 aromatic heterocycles. The third kappa shape index (κ3) is 11.4. The highest BCUT2D eigenvalue weighted by atomic mass is 35.5. The molecular formula is C96H67ClN4. The summed E-state index contributed by atoms with van der Waals surface area (Å²) in [6.45, 7) is 0. The zero-order valence-electron chi connectivity index (χ0n) is 55.2. The van der Waals surface area contributed by atoms with E-state index in [9.17, 15) is 0 Å². The smallest absolute Gasteiger partial charge is 0.0562 e. The molecule has 0 fully saturated rings. The number of hydrogen-bond donors (Lipinski definition) is 1. The summed E-state index contributed by atoms with van der Waals surface area (Å²) in [7, 11) is 0. The van der Waals surface area contributed by atoms with Crippen LogP contribution in [0.1, 0.15) is 1.43 Å². The minimum atomic E-state index is 0. The SMILES string of the molecule is Clc1cc(-c2ccccc2)cc(-c2ccccc2)c1.[2HH].c1ccc(-c2ccc(-n3c4ccccc4c4cc5c(cc43)[nH]c3ccccc35)cc2)cc1.c1ccc(-c2ccc(-n3c4ccccc4c4cc5c6ccccc6n(-c6cc(-c7ccccc7)cc(-c7ccccc7)c6)c5cc43)cc2)cc1. The van der Waals surface area contributed by atoms with E-state index in [0.717, 1.165) is 27.5 Å². The van der Waals surface area contributed by atoms with Crippen molar-refractivity contribution in [3.8, 4) is 83.8 Å². The van der Waals surface area contributed by atoms with Crippen LogP contribution in [0.2, 0.25) is 5.02 Å². The number of benzene rings is 16. The summed E-state index contributed by atoms with van der Waals surface area (Å²) in [4.78, 5) is 3.61. The van der Waals surface area contributed by atoms with E-state index in [1.807, 2.05) is 48.5 Å². The maximum absolute atomic E-state index is 6.25. The zero-order chi connectivity index (χ0) is 67.2. The monoisotopic (exact) mass is 1310 g/mol. The Morgan fingerprint density at radius 3 is 0.851 bits per heavy atom. The van der Waals surface area contributed by atoms with Crippen molar-refractivity contribution in [1.29, 1.82) is 0 Å². The van der Waals surface area contributed by atoms with E-state index < -0.39 is 0 Å². The molecule has 0 atom stereocenters. The molecule has 0 radical (unpaired) electrons. The summed E-state index contributed by atoms with van der Waals surface area (Å²) in [6.07, 6.45) is 0. The second-order valence-electron chi connectivity index (χ2n) is 25.8. The van der Waals surface area contributed by atoms with Gasteiger partial charge in [0.05, 0.1) is 33.1 Å². The minimum Gasteiger partial charge on any atom is -0.354 e. The predicted molar refractivity (Wildman–Crippen MR) is 431 cm³/mol. The number of para-hydroxylation sites is 4. The lowest BCUT2D eigenvalue weighted by Crippen LogP contribution is -1.97. The van der Waals surface area contributed by atoms with Crippen LogP contribution in [-0.4, -0.2) is 18.7 Å². The van der Waals surface area contributed by atoms with Gasteiger partial charge in [-0.3, -0.25) is 0 Å². The first-order valence-electron chi connectivity index (χ1n) is 34.4. The first kappa shape index (κ1) is 60.4. The van der Waals surface area contributed by atoms with Gasteiger partial charge in [-0.25, -0.2) is 0 Å². The van der Waals surface area contributed by atoms with Crippen molar-refractivity contribution in [2.45, 2.75) is 0 Å². The van der Waals surface area contributed by atoms with Crippen molar-refractivity contribution in [3.05, 3.63) is 393 Å². The molecule has 0 saturated carbocycles. The Labute approximate surface area is 592 Å². The first-order chi connectivity index (χ1) is 50.0. The van der Waals surface area contributed by atoms with Gasteiger partial charge in [-0.15, -0.1) is 0 Å². The van der Waals surface area contributed by atoms with E-state index in [4.69, 9.17) is 11.6 Å². The summed E-state index contributed by atoms with van der Waals surface area (Å²) < 4.78 is 7.27. The Morgan fingerprint density at radius 1 is 0.178 bits per heavy atom. The molecule has 4 heterocycles. The van der Waals surface area contributed by atoms with Crippen molar-refractivity contribution in [2.24, 2.45) is 0 Å². The van der Waals surface area contributed by atoms with Crippen molar-refractivity contribution < 1.29 is 1.43 Å². The van der Waals surface area contributed by atoms with Crippen molar-refractivity contribution in [3.63, 3.8) is 0 Å². The number of nitrogens with one attached hydrogen (secondary N) is 1. The fourth-order valence-electron chi connectivity index (χ4n) is 15.0. The topological polar surface area (TPSA) is 30.6 Å². The Bertz CT molecular complexity index is 6290. The summed E-state index contributed by atoms with van der Waals surface area (Å²) in [5, 5.41) is 10.9. The summed E-state index contributed by atoms with van der Waals surface area (Å²) >= 11 is 6.25. The molecule has 4 nitrogen and oxygen atoms in total. The molecule has 20 rings (SSSR count). The lowest BCUT2D eigenvalue weighted by atomic mass is 9.98. The van der Waals surface area contributed by atoms with Gasteiger partial charge in [0.2, 0.25) is 0 Å². The highest BCUT2D eigenvalue weighted by Gasteiger charge is 2.21. The second kappa shape index (κ2) is 26.1. The molecular weight excluding hydrogens is 1240 g/mol. The van der Waals surface area contributed by atoms with Gasteiger partial charge in [0, 0.05) is 77.6 Å². The molecule has 5 heteroatoms. The highest BCUT2D eigenvalue weighted by Crippen LogP contribution is 2.43. The highest BCUT2D eigenvalue weighted by molar-refractivity contribution is 6.31. The van der Waals surface area contributed by atoms with E-state index >= 15 is 0 Å². The first-order valence-corrected chi connectivity index (χ1v) is 34.8. The molecule has 1 N–H and O–H groups in total. The van der Waals surface area contributed by atoms with Crippen LogP contribution in [0.4, 0.5) is 0 Å². The fourth-order valence-corrected chi connectivity index (χ4v) is 15.2. The predicted octanol–water partition coefficient (Wildman–Crippen LogP) is 26.9. The lowest BCUT2D eigenvalue weighted by molar-refractivity contribution is 1.16. The molecule has 0 spiro atoms. The number of aromatic amines is 1. The number of aromatic nitrogens is 4. The third-order valence-electron chi connectivity index (χ3n) is 19.7. The van der Waals surface area contributed by atoms with Crippen LogP contribution < -0.4 is 0 Å². The minimum absolute atomic E-state index is 0. The maximum atomic E-state index is 6.25. The van der Waals surface area contributed by atoms with Gasteiger partial charge in [-0.05, 0) is 176 Å². The molecule has 0 bridgehead atoms. The van der Waals surface area contributed by atoms with Crippen LogP contribution in [0.3, 0.4) is 0 Å². The lowest BCUT2D eigenvalue weighted by Gasteiger charge is -2.14. The molecule has 16 aromatic carbocycles. The van der Waals surface area contributed by atoms with Crippen LogP contribution >= 0.6 is 11.6 Å². The van der Waals surface area contributed by atoms with Crippen LogP contribution in [0.25, 0.3) is 171 Å². The summed E-state index contributed by atoms with van der Waals surface area (Å²) in [5.74, 6) is 0. The van der Waals surface area contributed by atoms with Gasteiger partial charge in [0.1, 0.15) is 0 Å². The van der Waals surface area contributed by atoms with Gasteiger partial charge >= 0.3 is 0 Å².